The summed E-state index contributed by atoms with van der Waals surface area (Å²) in [5.74, 6) is 0.911. The van der Waals surface area contributed by atoms with Crippen LogP contribution in [0.2, 0.25) is 0 Å². The Balaban J connectivity index is 0.00000144. The van der Waals surface area contributed by atoms with Crippen molar-refractivity contribution in [3.05, 3.63) is 21.9 Å². The molecule has 1 aromatic rings. The van der Waals surface area contributed by atoms with E-state index in [0.29, 0.717) is 18.4 Å². The van der Waals surface area contributed by atoms with E-state index in [9.17, 15) is 4.79 Å². The van der Waals surface area contributed by atoms with Crippen LogP contribution in [-0.2, 0) is 17.8 Å². The fourth-order valence-corrected chi connectivity index (χ4v) is 4.31. The number of fused-ring (bicyclic) bond motifs is 1. The first kappa shape index (κ1) is 21.7. The quantitative estimate of drug-likeness (QED) is 0.780. The van der Waals surface area contributed by atoms with Gasteiger partial charge >= 0.3 is 0 Å². The molecule has 1 saturated heterocycles. The Morgan fingerprint density at radius 1 is 1.50 bits per heavy atom. The van der Waals surface area contributed by atoms with Gasteiger partial charge in [-0.1, -0.05) is 0 Å². The molecule has 1 amide bonds. The smallest absolute Gasteiger partial charge is 0.220 e. The van der Waals surface area contributed by atoms with Gasteiger partial charge < -0.3 is 10.6 Å². The normalized spacial score (nSPS) is 21.3. The number of hydrogen-bond acceptors (Lipinski definition) is 4. The second-order valence-corrected chi connectivity index (χ2v) is 7.64. The fourth-order valence-electron chi connectivity index (χ4n) is 3.42. The maximum absolute atomic E-state index is 12.0. The molecule has 7 heteroatoms. The molecule has 0 spiro atoms. The van der Waals surface area contributed by atoms with E-state index >= 15 is 0 Å². The van der Waals surface area contributed by atoms with Crippen molar-refractivity contribution in [2.75, 3.05) is 26.2 Å². The van der Waals surface area contributed by atoms with E-state index in [2.05, 4.69) is 33.9 Å². The average molecular weight is 394 g/mol. The number of amides is 1. The number of nitrogens with zero attached hydrogens (tertiary/aromatic N) is 1. The molecule has 0 radical (unpaired) electrons. The molecule has 4 nitrogen and oxygen atoms in total. The van der Waals surface area contributed by atoms with E-state index in [1.54, 1.807) is 0 Å². The number of carbonyl (C=O) groups is 1. The number of rotatable bonds is 6. The van der Waals surface area contributed by atoms with Gasteiger partial charge in [0.05, 0.1) is 0 Å². The van der Waals surface area contributed by atoms with E-state index in [4.69, 9.17) is 0 Å². The summed E-state index contributed by atoms with van der Waals surface area (Å²) in [4.78, 5) is 16.0. The fraction of sp³-hybridized carbons (Fsp3) is 0.706. The van der Waals surface area contributed by atoms with Crippen LogP contribution in [0, 0.1) is 5.92 Å². The van der Waals surface area contributed by atoms with Crippen LogP contribution in [0.25, 0.3) is 0 Å². The van der Waals surface area contributed by atoms with E-state index < -0.39 is 0 Å². The molecular formula is C17H29Cl2N3OS. The minimum absolute atomic E-state index is 0. The van der Waals surface area contributed by atoms with Crippen LogP contribution in [0.1, 0.15) is 36.6 Å². The van der Waals surface area contributed by atoms with Crippen LogP contribution in [0.15, 0.2) is 11.4 Å². The van der Waals surface area contributed by atoms with Crippen molar-refractivity contribution in [2.24, 2.45) is 5.92 Å². The molecule has 2 aliphatic heterocycles. The number of carbonyl (C=O) groups excluding carboxylic acids is 1. The van der Waals surface area contributed by atoms with Crippen molar-refractivity contribution < 1.29 is 4.79 Å². The zero-order valence-electron chi connectivity index (χ0n) is 14.3. The molecule has 2 N–H and O–H groups in total. The summed E-state index contributed by atoms with van der Waals surface area (Å²) in [6.45, 7) is 7.32. The zero-order chi connectivity index (χ0) is 15.4. The number of halogens is 2. The molecule has 3 rings (SSSR count). The second kappa shape index (κ2) is 10.6. The Bertz CT molecular complexity index is 506. The minimum Gasteiger partial charge on any atom is -0.355 e. The van der Waals surface area contributed by atoms with Gasteiger partial charge in [-0.25, -0.2) is 0 Å². The third-order valence-corrected chi connectivity index (χ3v) is 6.02. The molecule has 0 aliphatic carbocycles. The lowest BCUT2D eigenvalue weighted by Crippen LogP contribution is -2.44. The Hall–Kier alpha value is -0.330. The molecule has 2 atom stereocenters. The highest BCUT2D eigenvalue weighted by molar-refractivity contribution is 7.10. The summed E-state index contributed by atoms with van der Waals surface area (Å²) in [5.41, 5.74) is 1.48. The minimum atomic E-state index is 0. The SMILES string of the molecule is CC(CNC(=O)CCC1CCNC1)N1CCc2sccc2C1.Cl.Cl. The van der Waals surface area contributed by atoms with E-state index in [1.165, 1.54) is 16.9 Å². The summed E-state index contributed by atoms with van der Waals surface area (Å²) >= 11 is 1.87. The molecule has 1 aromatic heterocycles. The van der Waals surface area contributed by atoms with Gasteiger partial charge in [0.15, 0.2) is 0 Å². The number of nitrogens with one attached hydrogen (secondary N) is 2. The lowest BCUT2D eigenvalue weighted by atomic mass is 10.0. The maximum Gasteiger partial charge on any atom is 0.220 e. The summed E-state index contributed by atoms with van der Waals surface area (Å²) < 4.78 is 0. The van der Waals surface area contributed by atoms with Gasteiger partial charge in [-0.05, 0) is 62.2 Å². The van der Waals surface area contributed by atoms with E-state index in [1.807, 2.05) is 11.3 Å². The molecule has 1 fully saturated rings. The lowest BCUT2D eigenvalue weighted by molar-refractivity contribution is -0.121. The molecule has 0 saturated carbocycles. The maximum atomic E-state index is 12.0. The van der Waals surface area contributed by atoms with Crippen LogP contribution in [0.3, 0.4) is 0 Å². The average Bonchev–Trinajstić information content (AvgIpc) is 3.20. The van der Waals surface area contributed by atoms with Gasteiger partial charge in [0.2, 0.25) is 5.91 Å². The van der Waals surface area contributed by atoms with Gasteiger partial charge in [-0.3, -0.25) is 9.69 Å². The summed E-state index contributed by atoms with van der Waals surface area (Å²) in [6.07, 6.45) is 4.07. The third-order valence-electron chi connectivity index (χ3n) is 5.00. The Morgan fingerprint density at radius 3 is 3.08 bits per heavy atom. The zero-order valence-corrected chi connectivity index (χ0v) is 16.7. The second-order valence-electron chi connectivity index (χ2n) is 6.64. The Kier molecular flexibility index (Phi) is 9.60. The number of hydrogen-bond donors (Lipinski definition) is 2. The van der Waals surface area contributed by atoms with Crippen molar-refractivity contribution in [2.45, 2.75) is 45.2 Å². The predicted octanol–water partition coefficient (Wildman–Crippen LogP) is 2.84. The summed E-state index contributed by atoms with van der Waals surface area (Å²) in [7, 11) is 0. The van der Waals surface area contributed by atoms with Crippen molar-refractivity contribution in [1.82, 2.24) is 15.5 Å². The highest BCUT2D eigenvalue weighted by Gasteiger charge is 2.22. The largest absolute Gasteiger partial charge is 0.355 e. The van der Waals surface area contributed by atoms with Crippen molar-refractivity contribution in [1.29, 1.82) is 0 Å². The van der Waals surface area contributed by atoms with Crippen LogP contribution in [0.5, 0.6) is 0 Å². The van der Waals surface area contributed by atoms with Gasteiger partial charge in [0.25, 0.3) is 0 Å². The molecule has 3 heterocycles. The van der Waals surface area contributed by atoms with E-state index in [0.717, 1.165) is 45.6 Å². The highest BCUT2D eigenvalue weighted by atomic mass is 35.5. The first-order valence-electron chi connectivity index (χ1n) is 8.49. The topological polar surface area (TPSA) is 44.4 Å². The first-order chi connectivity index (χ1) is 10.7. The van der Waals surface area contributed by atoms with Crippen LogP contribution >= 0.6 is 36.2 Å². The summed E-state index contributed by atoms with van der Waals surface area (Å²) in [6, 6.07) is 2.65. The molecule has 2 aliphatic rings. The Labute approximate surface area is 161 Å². The van der Waals surface area contributed by atoms with Crippen molar-refractivity contribution >= 4 is 42.1 Å². The number of thiophene rings is 1. The van der Waals surface area contributed by atoms with Crippen LogP contribution in [0.4, 0.5) is 0 Å². The molecule has 138 valence electrons. The van der Waals surface area contributed by atoms with Crippen LogP contribution in [-0.4, -0.2) is 43.0 Å². The molecule has 24 heavy (non-hydrogen) atoms. The molecule has 0 bridgehead atoms. The van der Waals surface area contributed by atoms with Crippen LogP contribution < -0.4 is 10.6 Å². The summed E-state index contributed by atoms with van der Waals surface area (Å²) in [5, 5.41) is 8.67. The standard InChI is InChI=1S/C17H27N3OS.2ClH/c1-13(20-8-5-16-15(12-20)6-9-22-16)10-19-17(21)3-2-14-4-7-18-11-14;;/h6,9,13-14,18H,2-5,7-8,10-12H2,1H3,(H,19,21);2*1H. The molecular weight excluding hydrogens is 365 g/mol. The third kappa shape index (κ3) is 5.88. The van der Waals surface area contributed by atoms with Gasteiger partial charge in [-0.15, -0.1) is 36.2 Å². The lowest BCUT2D eigenvalue weighted by Gasteiger charge is -2.32. The van der Waals surface area contributed by atoms with Crippen molar-refractivity contribution in [3.8, 4) is 0 Å². The van der Waals surface area contributed by atoms with E-state index in [-0.39, 0.29) is 30.7 Å². The monoisotopic (exact) mass is 393 g/mol. The molecule has 0 aromatic carbocycles. The predicted molar refractivity (Wildman–Crippen MR) is 106 cm³/mol. The highest BCUT2D eigenvalue weighted by Crippen LogP contribution is 2.25. The first-order valence-corrected chi connectivity index (χ1v) is 9.37. The Morgan fingerprint density at radius 2 is 2.33 bits per heavy atom. The van der Waals surface area contributed by atoms with Crippen molar-refractivity contribution in [3.63, 3.8) is 0 Å². The van der Waals surface area contributed by atoms with Gasteiger partial charge in [0, 0.05) is 37.0 Å². The van der Waals surface area contributed by atoms with Gasteiger partial charge in [-0.2, -0.15) is 0 Å². The molecule has 2 unspecified atom stereocenters. The van der Waals surface area contributed by atoms with Gasteiger partial charge in [0.1, 0.15) is 0 Å².